The molecule has 1 saturated carbocycles. The topological polar surface area (TPSA) is 24.9 Å². The first-order chi connectivity index (χ1) is 9.26. The van der Waals surface area contributed by atoms with Crippen LogP contribution in [0, 0.1) is 5.41 Å². The van der Waals surface area contributed by atoms with Gasteiger partial charge in [-0.15, -0.1) is 0 Å². The predicted molar refractivity (Wildman–Crippen MR) is 81.6 cm³/mol. The summed E-state index contributed by atoms with van der Waals surface area (Å²) in [5, 5.41) is 4.45. The van der Waals surface area contributed by atoms with Gasteiger partial charge < -0.3 is 5.32 Å². The first kappa shape index (κ1) is 14.8. The van der Waals surface area contributed by atoms with E-state index in [-0.39, 0.29) is 0 Å². The maximum absolute atomic E-state index is 6.28. The molecule has 1 aromatic heterocycles. The minimum absolute atomic E-state index is 0.401. The van der Waals surface area contributed by atoms with E-state index in [9.17, 15) is 0 Å². The van der Waals surface area contributed by atoms with Crippen molar-refractivity contribution < 1.29 is 0 Å². The van der Waals surface area contributed by atoms with Crippen molar-refractivity contribution in [3.05, 3.63) is 29.0 Å². The summed E-state index contributed by atoms with van der Waals surface area (Å²) in [7, 11) is 0. The molecule has 0 atom stereocenters. The van der Waals surface area contributed by atoms with Crippen molar-refractivity contribution in [2.24, 2.45) is 5.41 Å². The highest BCUT2D eigenvalue weighted by molar-refractivity contribution is 6.31. The number of nitrogens with one attached hydrogen (secondary N) is 1. The van der Waals surface area contributed by atoms with Gasteiger partial charge in [0, 0.05) is 18.9 Å². The molecule has 1 fully saturated rings. The molecule has 1 N–H and O–H groups in total. The zero-order valence-electron chi connectivity index (χ0n) is 11.9. The fraction of sp³-hybridized carbons (Fsp3) is 0.688. The number of nitrogens with zero attached hydrogens (tertiary/aromatic N) is 1. The maximum atomic E-state index is 6.28. The molecule has 0 saturated heterocycles. The van der Waals surface area contributed by atoms with E-state index in [0.29, 0.717) is 5.41 Å². The normalized spacial score (nSPS) is 18.4. The first-order valence-electron chi connectivity index (χ1n) is 7.55. The van der Waals surface area contributed by atoms with Crippen LogP contribution in [0.15, 0.2) is 18.5 Å². The molecule has 1 aliphatic carbocycles. The minimum Gasteiger partial charge on any atom is -0.316 e. The van der Waals surface area contributed by atoms with Gasteiger partial charge in [0.25, 0.3) is 0 Å². The summed E-state index contributed by atoms with van der Waals surface area (Å²) in [6.07, 6.45) is 12.7. The highest BCUT2D eigenvalue weighted by atomic mass is 35.5. The monoisotopic (exact) mass is 280 g/mol. The van der Waals surface area contributed by atoms with Crippen LogP contribution in [-0.2, 0) is 6.42 Å². The molecule has 2 rings (SSSR count). The van der Waals surface area contributed by atoms with Crippen LogP contribution in [0.4, 0.5) is 0 Å². The molecule has 1 heterocycles. The van der Waals surface area contributed by atoms with Gasteiger partial charge in [-0.3, -0.25) is 4.98 Å². The smallest absolute Gasteiger partial charge is 0.0621 e. The van der Waals surface area contributed by atoms with Crippen LogP contribution in [0.25, 0.3) is 0 Å². The average Bonchev–Trinajstić information content (AvgIpc) is 2.43. The SMILES string of the molecule is CCCNCC1(Cc2ccncc2Cl)CCCCC1. The van der Waals surface area contributed by atoms with Crippen LogP contribution < -0.4 is 5.32 Å². The zero-order chi connectivity index (χ0) is 13.6. The van der Waals surface area contributed by atoms with Gasteiger partial charge in [0.05, 0.1) is 5.02 Å². The Morgan fingerprint density at radius 3 is 2.79 bits per heavy atom. The fourth-order valence-corrected chi connectivity index (χ4v) is 3.39. The Labute approximate surface area is 122 Å². The lowest BCUT2D eigenvalue weighted by Gasteiger charge is -2.38. The Kier molecular flexibility index (Phi) is 5.65. The third-order valence-corrected chi connectivity index (χ3v) is 4.60. The quantitative estimate of drug-likeness (QED) is 0.789. The van der Waals surface area contributed by atoms with E-state index in [2.05, 4.69) is 23.3 Å². The molecule has 0 bridgehead atoms. The lowest BCUT2D eigenvalue weighted by atomic mass is 9.70. The number of rotatable bonds is 6. The second kappa shape index (κ2) is 7.25. The molecule has 0 amide bonds. The van der Waals surface area contributed by atoms with Gasteiger partial charge in [0.2, 0.25) is 0 Å². The second-order valence-electron chi connectivity index (χ2n) is 5.88. The third kappa shape index (κ3) is 4.19. The first-order valence-corrected chi connectivity index (χ1v) is 7.93. The van der Waals surface area contributed by atoms with Gasteiger partial charge in [0.1, 0.15) is 0 Å². The van der Waals surface area contributed by atoms with Gasteiger partial charge in [-0.2, -0.15) is 0 Å². The number of hydrogen-bond acceptors (Lipinski definition) is 2. The van der Waals surface area contributed by atoms with E-state index >= 15 is 0 Å². The average molecular weight is 281 g/mol. The number of aromatic nitrogens is 1. The van der Waals surface area contributed by atoms with Crippen LogP contribution in [-0.4, -0.2) is 18.1 Å². The molecule has 106 valence electrons. The van der Waals surface area contributed by atoms with Gasteiger partial charge in [-0.05, 0) is 49.3 Å². The van der Waals surface area contributed by atoms with Crippen molar-refractivity contribution in [3.63, 3.8) is 0 Å². The van der Waals surface area contributed by atoms with Crippen molar-refractivity contribution >= 4 is 11.6 Å². The molecular formula is C16H25ClN2. The lowest BCUT2D eigenvalue weighted by Crippen LogP contribution is -2.38. The maximum Gasteiger partial charge on any atom is 0.0621 e. The Morgan fingerprint density at radius 2 is 2.11 bits per heavy atom. The van der Waals surface area contributed by atoms with Crippen LogP contribution in [0.5, 0.6) is 0 Å². The molecule has 0 aliphatic heterocycles. The second-order valence-corrected chi connectivity index (χ2v) is 6.29. The van der Waals surface area contributed by atoms with Gasteiger partial charge in [-0.1, -0.05) is 37.8 Å². The summed E-state index contributed by atoms with van der Waals surface area (Å²) in [6.45, 7) is 4.46. The molecule has 2 nitrogen and oxygen atoms in total. The molecular weight excluding hydrogens is 256 g/mol. The molecule has 0 spiro atoms. The van der Waals surface area contributed by atoms with E-state index in [4.69, 9.17) is 11.6 Å². The summed E-state index contributed by atoms with van der Waals surface area (Å²) >= 11 is 6.28. The number of pyridine rings is 1. The van der Waals surface area contributed by atoms with Crippen LogP contribution in [0.2, 0.25) is 5.02 Å². The molecule has 0 aromatic carbocycles. The molecule has 1 aromatic rings. The summed E-state index contributed by atoms with van der Waals surface area (Å²) in [4.78, 5) is 4.09. The van der Waals surface area contributed by atoms with Gasteiger partial charge in [-0.25, -0.2) is 0 Å². The lowest BCUT2D eigenvalue weighted by molar-refractivity contribution is 0.181. The van der Waals surface area contributed by atoms with E-state index in [1.807, 2.05) is 6.20 Å². The number of halogens is 1. The standard InChI is InChI=1S/C16H25ClN2/c1-2-9-19-13-16(7-4-3-5-8-16)11-14-6-10-18-12-15(14)17/h6,10,12,19H,2-5,7-9,11,13H2,1H3. The molecule has 19 heavy (non-hydrogen) atoms. The van der Waals surface area contributed by atoms with E-state index < -0.39 is 0 Å². The summed E-state index contributed by atoms with van der Waals surface area (Å²) in [5.74, 6) is 0. The molecule has 1 aliphatic rings. The Hall–Kier alpha value is -0.600. The van der Waals surface area contributed by atoms with E-state index in [1.54, 1.807) is 6.20 Å². The van der Waals surface area contributed by atoms with Crippen molar-refractivity contribution in [2.45, 2.75) is 51.9 Å². The van der Waals surface area contributed by atoms with E-state index in [1.165, 1.54) is 44.1 Å². The Balaban J connectivity index is 2.06. The molecule has 0 unspecified atom stereocenters. The predicted octanol–water partition coefficient (Wildman–Crippen LogP) is 4.23. The van der Waals surface area contributed by atoms with Crippen molar-refractivity contribution in [3.8, 4) is 0 Å². The fourth-order valence-electron chi connectivity index (χ4n) is 3.20. The largest absolute Gasteiger partial charge is 0.316 e. The van der Waals surface area contributed by atoms with E-state index in [0.717, 1.165) is 24.5 Å². The van der Waals surface area contributed by atoms with Gasteiger partial charge in [0.15, 0.2) is 0 Å². The Morgan fingerprint density at radius 1 is 1.32 bits per heavy atom. The summed E-state index contributed by atoms with van der Waals surface area (Å²) < 4.78 is 0. The van der Waals surface area contributed by atoms with Crippen LogP contribution in [0.1, 0.15) is 51.0 Å². The Bertz CT molecular complexity index is 386. The highest BCUT2D eigenvalue weighted by Gasteiger charge is 2.32. The zero-order valence-corrected chi connectivity index (χ0v) is 12.7. The van der Waals surface area contributed by atoms with Crippen LogP contribution in [0.3, 0.4) is 0 Å². The highest BCUT2D eigenvalue weighted by Crippen LogP contribution is 2.39. The van der Waals surface area contributed by atoms with Crippen molar-refractivity contribution in [1.82, 2.24) is 10.3 Å². The van der Waals surface area contributed by atoms with Crippen LogP contribution >= 0.6 is 11.6 Å². The minimum atomic E-state index is 0.401. The van der Waals surface area contributed by atoms with Crippen molar-refractivity contribution in [1.29, 1.82) is 0 Å². The summed E-state index contributed by atoms with van der Waals surface area (Å²) in [5.41, 5.74) is 1.66. The third-order valence-electron chi connectivity index (χ3n) is 4.26. The molecule has 3 heteroatoms. The summed E-state index contributed by atoms with van der Waals surface area (Å²) in [6, 6.07) is 2.08. The van der Waals surface area contributed by atoms with Crippen molar-refractivity contribution in [2.75, 3.05) is 13.1 Å². The number of hydrogen-bond donors (Lipinski definition) is 1. The van der Waals surface area contributed by atoms with Gasteiger partial charge >= 0.3 is 0 Å². The molecule has 0 radical (unpaired) electrons.